The predicted molar refractivity (Wildman–Crippen MR) is 40.8 cm³/mol. The van der Waals surface area contributed by atoms with Gasteiger partial charge in [0.05, 0.1) is 0 Å². The van der Waals surface area contributed by atoms with Crippen LogP contribution < -0.4 is 0 Å². The summed E-state index contributed by atoms with van der Waals surface area (Å²) in [5, 5.41) is 8.43. The largest absolute Gasteiger partial charge is 0.477 e. The molecule has 1 aromatic rings. The normalized spacial score (nSPS) is 11.3. The Kier molecular flexibility index (Phi) is 2.27. The van der Waals surface area contributed by atoms with E-state index < -0.39 is 11.9 Å². The van der Waals surface area contributed by atoms with Gasteiger partial charge in [-0.1, -0.05) is 0 Å². The molecule has 0 spiro atoms. The van der Waals surface area contributed by atoms with E-state index in [-0.39, 0.29) is 11.3 Å². The van der Waals surface area contributed by atoms with Gasteiger partial charge in [-0.25, -0.2) is 18.6 Å². The highest BCUT2D eigenvalue weighted by atomic mass is 19.3. The SMILES string of the molecule is CC(F)(F)c1ccc(C(=O)O)nc1. The zero-order valence-electron chi connectivity index (χ0n) is 6.79. The summed E-state index contributed by atoms with van der Waals surface area (Å²) in [6.07, 6.45) is 0.865. The van der Waals surface area contributed by atoms with Gasteiger partial charge in [0.2, 0.25) is 0 Å². The lowest BCUT2D eigenvalue weighted by Gasteiger charge is -2.09. The van der Waals surface area contributed by atoms with Gasteiger partial charge in [-0.15, -0.1) is 0 Å². The first-order chi connectivity index (χ1) is 5.91. The molecule has 0 bridgehead atoms. The summed E-state index contributed by atoms with van der Waals surface area (Å²) in [6.45, 7) is 0.727. The molecule has 0 radical (unpaired) electrons. The quantitative estimate of drug-likeness (QED) is 0.769. The van der Waals surface area contributed by atoms with Gasteiger partial charge in [0.25, 0.3) is 5.92 Å². The molecule has 1 N–H and O–H groups in total. The molecular formula is C8H7F2NO2. The van der Waals surface area contributed by atoms with Crippen molar-refractivity contribution in [2.45, 2.75) is 12.8 Å². The number of aromatic nitrogens is 1. The number of carboxylic acid groups (broad SMARTS) is 1. The maximum absolute atomic E-state index is 12.6. The van der Waals surface area contributed by atoms with Crippen molar-refractivity contribution in [3.8, 4) is 0 Å². The molecule has 0 saturated heterocycles. The molecule has 0 amide bonds. The van der Waals surface area contributed by atoms with E-state index >= 15 is 0 Å². The third-order valence-electron chi connectivity index (χ3n) is 1.49. The van der Waals surface area contributed by atoms with E-state index in [0.29, 0.717) is 0 Å². The van der Waals surface area contributed by atoms with Crippen LogP contribution in [0.25, 0.3) is 0 Å². The average molecular weight is 187 g/mol. The fraction of sp³-hybridized carbons (Fsp3) is 0.250. The number of halogens is 2. The Labute approximate surface area is 73.0 Å². The maximum atomic E-state index is 12.6. The Morgan fingerprint density at radius 3 is 2.46 bits per heavy atom. The van der Waals surface area contributed by atoms with Gasteiger partial charge in [0.1, 0.15) is 5.69 Å². The first-order valence-electron chi connectivity index (χ1n) is 3.49. The predicted octanol–water partition coefficient (Wildman–Crippen LogP) is 1.89. The maximum Gasteiger partial charge on any atom is 0.354 e. The minimum Gasteiger partial charge on any atom is -0.477 e. The molecule has 0 unspecified atom stereocenters. The van der Waals surface area contributed by atoms with Crippen LogP contribution in [0.1, 0.15) is 23.0 Å². The number of nitrogens with zero attached hydrogens (tertiary/aromatic N) is 1. The second-order valence-electron chi connectivity index (χ2n) is 2.63. The second kappa shape index (κ2) is 3.08. The number of rotatable bonds is 2. The Morgan fingerprint density at radius 1 is 1.54 bits per heavy atom. The van der Waals surface area contributed by atoms with E-state index in [4.69, 9.17) is 5.11 Å². The van der Waals surface area contributed by atoms with Gasteiger partial charge in [0.15, 0.2) is 0 Å². The smallest absolute Gasteiger partial charge is 0.354 e. The van der Waals surface area contributed by atoms with E-state index in [1.54, 1.807) is 0 Å². The summed E-state index contributed by atoms with van der Waals surface area (Å²) in [5.74, 6) is -4.21. The minimum atomic E-state index is -2.98. The zero-order chi connectivity index (χ0) is 10.1. The molecule has 3 nitrogen and oxygen atoms in total. The molecule has 0 aromatic carbocycles. The van der Waals surface area contributed by atoms with Crippen LogP contribution in [-0.2, 0) is 5.92 Å². The van der Waals surface area contributed by atoms with Crippen molar-refractivity contribution in [3.63, 3.8) is 0 Å². The molecule has 0 aliphatic rings. The summed E-state index contributed by atoms with van der Waals surface area (Å²) in [4.78, 5) is 13.7. The minimum absolute atomic E-state index is 0.243. The number of carbonyl (C=O) groups is 1. The van der Waals surface area contributed by atoms with E-state index in [2.05, 4.69) is 4.98 Å². The molecule has 1 rings (SSSR count). The van der Waals surface area contributed by atoms with Crippen LogP contribution in [0.4, 0.5) is 8.78 Å². The molecule has 5 heteroatoms. The molecule has 0 fully saturated rings. The highest BCUT2D eigenvalue weighted by Crippen LogP contribution is 2.25. The van der Waals surface area contributed by atoms with E-state index in [0.717, 1.165) is 25.3 Å². The lowest BCUT2D eigenvalue weighted by Crippen LogP contribution is -2.09. The van der Waals surface area contributed by atoms with Crippen LogP contribution in [-0.4, -0.2) is 16.1 Å². The number of pyridine rings is 1. The molecule has 1 aromatic heterocycles. The number of aromatic carboxylic acids is 1. The number of carboxylic acids is 1. The van der Waals surface area contributed by atoms with Gasteiger partial charge in [-0.2, -0.15) is 0 Å². The Balaban J connectivity index is 3.01. The molecular weight excluding hydrogens is 180 g/mol. The molecule has 13 heavy (non-hydrogen) atoms. The van der Waals surface area contributed by atoms with Crippen molar-refractivity contribution < 1.29 is 18.7 Å². The van der Waals surface area contributed by atoms with Gasteiger partial charge in [-0.3, -0.25) is 0 Å². The van der Waals surface area contributed by atoms with Crippen molar-refractivity contribution in [2.24, 2.45) is 0 Å². The third kappa shape index (κ3) is 2.21. The molecule has 1 heterocycles. The lowest BCUT2D eigenvalue weighted by molar-refractivity contribution is 0.0170. The zero-order valence-corrected chi connectivity index (χ0v) is 6.79. The first kappa shape index (κ1) is 9.57. The van der Waals surface area contributed by atoms with Crippen molar-refractivity contribution in [2.75, 3.05) is 0 Å². The van der Waals surface area contributed by atoms with Crippen LogP contribution in [0.2, 0.25) is 0 Å². The summed E-state index contributed by atoms with van der Waals surface area (Å²) < 4.78 is 25.2. The van der Waals surface area contributed by atoms with Gasteiger partial charge in [-0.05, 0) is 12.1 Å². The van der Waals surface area contributed by atoms with Crippen molar-refractivity contribution >= 4 is 5.97 Å². The van der Waals surface area contributed by atoms with Crippen LogP contribution in [0.3, 0.4) is 0 Å². The molecule has 0 aliphatic heterocycles. The van der Waals surface area contributed by atoms with Crippen LogP contribution in [0.15, 0.2) is 18.3 Å². The van der Waals surface area contributed by atoms with E-state index in [1.807, 2.05) is 0 Å². The highest BCUT2D eigenvalue weighted by Gasteiger charge is 2.24. The Hall–Kier alpha value is -1.52. The molecule has 70 valence electrons. The molecule has 0 saturated carbocycles. The molecule has 0 atom stereocenters. The van der Waals surface area contributed by atoms with E-state index in [9.17, 15) is 13.6 Å². The summed E-state index contributed by atoms with van der Waals surface area (Å²) in [7, 11) is 0. The van der Waals surface area contributed by atoms with Crippen LogP contribution >= 0.6 is 0 Å². The average Bonchev–Trinajstić information content (AvgIpc) is 2.03. The molecule has 0 aliphatic carbocycles. The third-order valence-corrected chi connectivity index (χ3v) is 1.49. The standard InChI is InChI=1S/C8H7F2NO2/c1-8(9,10)5-2-3-6(7(12)13)11-4-5/h2-4H,1H3,(H,12,13). The first-order valence-corrected chi connectivity index (χ1v) is 3.49. The topological polar surface area (TPSA) is 50.2 Å². The number of hydrogen-bond donors (Lipinski definition) is 1. The van der Waals surface area contributed by atoms with Crippen molar-refractivity contribution in [3.05, 3.63) is 29.6 Å². The number of alkyl halides is 2. The number of hydrogen-bond acceptors (Lipinski definition) is 2. The monoisotopic (exact) mass is 187 g/mol. The van der Waals surface area contributed by atoms with Gasteiger partial charge >= 0.3 is 5.97 Å². The second-order valence-corrected chi connectivity index (χ2v) is 2.63. The lowest BCUT2D eigenvalue weighted by atomic mass is 10.1. The summed E-state index contributed by atoms with van der Waals surface area (Å²) in [6, 6.07) is 2.10. The summed E-state index contributed by atoms with van der Waals surface area (Å²) >= 11 is 0. The fourth-order valence-electron chi connectivity index (χ4n) is 0.780. The Morgan fingerprint density at radius 2 is 2.15 bits per heavy atom. The van der Waals surface area contributed by atoms with Gasteiger partial charge < -0.3 is 5.11 Å². The van der Waals surface area contributed by atoms with Crippen molar-refractivity contribution in [1.29, 1.82) is 0 Å². The summed E-state index contributed by atoms with van der Waals surface area (Å²) in [5.41, 5.74) is -0.537. The van der Waals surface area contributed by atoms with Crippen LogP contribution in [0.5, 0.6) is 0 Å². The highest BCUT2D eigenvalue weighted by molar-refractivity contribution is 5.85. The fourth-order valence-corrected chi connectivity index (χ4v) is 0.780. The van der Waals surface area contributed by atoms with Gasteiger partial charge in [0, 0.05) is 18.7 Å². The van der Waals surface area contributed by atoms with Crippen LogP contribution in [0, 0.1) is 0 Å². The van der Waals surface area contributed by atoms with Crippen molar-refractivity contribution in [1.82, 2.24) is 4.98 Å². The van der Waals surface area contributed by atoms with E-state index in [1.165, 1.54) is 0 Å². The Bertz CT molecular complexity index is 316.